The van der Waals surface area contributed by atoms with Crippen molar-refractivity contribution in [2.75, 3.05) is 10.0 Å². The van der Waals surface area contributed by atoms with E-state index in [1.165, 1.54) is 12.1 Å². The number of sulfonamides is 1. The quantitative estimate of drug-likeness (QED) is 0.723. The van der Waals surface area contributed by atoms with Gasteiger partial charge in [-0.15, -0.1) is 0 Å². The van der Waals surface area contributed by atoms with E-state index < -0.39 is 15.9 Å². The maximum atomic E-state index is 12.6. The van der Waals surface area contributed by atoms with Crippen LogP contribution in [0.4, 0.5) is 11.5 Å². The molecule has 7 heteroatoms. The summed E-state index contributed by atoms with van der Waals surface area (Å²) in [5.41, 5.74) is 1.36. The predicted molar refractivity (Wildman–Crippen MR) is 101 cm³/mol. The number of para-hydroxylation sites is 1. The SMILES string of the molecule is Cc1ccc(S(=O)(=O)Nc2ccccc2C(=O)Nc2ccccn2)cc1. The van der Waals surface area contributed by atoms with E-state index in [0.717, 1.165) is 5.56 Å². The third-order valence-electron chi connectivity index (χ3n) is 3.65. The van der Waals surface area contributed by atoms with Gasteiger partial charge < -0.3 is 5.32 Å². The summed E-state index contributed by atoms with van der Waals surface area (Å²) >= 11 is 0. The molecule has 1 aromatic heterocycles. The van der Waals surface area contributed by atoms with Gasteiger partial charge in [0, 0.05) is 6.20 Å². The van der Waals surface area contributed by atoms with Crippen LogP contribution in [0.5, 0.6) is 0 Å². The molecule has 0 saturated heterocycles. The molecule has 2 N–H and O–H groups in total. The molecule has 0 radical (unpaired) electrons. The number of amides is 1. The van der Waals surface area contributed by atoms with Gasteiger partial charge in [0.1, 0.15) is 5.82 Å². The molecule has 1 heterocycles. The molecule has 0 aliphatic rings. The molecule has 132 valence electrons. The van der Waals surface area contributed by atoms with Crippen molar-refractivity contribution in [3.8, 4) is 0 Å². The van der Waals surface area contributed by atoms with Gasteiger partial charge in [-0.3, -0.25) is 9.52 Å². The number of hydrogen-bond acceptors (Lipinski definition) is 4. The fourth-order valence-electron chi connectivity index (χ4n) is 2.31. The number of hydrogen-bond donors (Lipinski definition) is 2. The minimum absolute atomic E-state index is 0.128. The van der Waals surface area contributed by atoms with Crippen molar-refractivity contribution in [3.05, 3.63) is 84.1 Å². The minimum Gasteiger partial charge on any atom is -0.306 e. The highest BCUT2D eigenvalue weighted by atomic mass is 32.2. The number of pyridine rings is 1. The molecule has 0 aliphatic heterocycles. The average Bonchev–Trinajstić information content (AvgIpc) is 2.63. The van der Waals surface area contributed by atoms with Gasteiger partial charge in [0.15, 0.2) is 0 Å². The summed E-state index contributed by atoms with van der Waals surface area (Å²) in [7, 11) is -3.80. The van der Waals surface area contributed by atoms with Crippen molar-refractivity contribution in [3.63, 3.8) is 0 Å². The number of benzene rings is 2. The Bertz CT molecular complexity index is 1020. The lowest BCUT2D eigenvalue weighted by molar-refractivity contribution is 0.102. The van der Waals surface area contributed by atoms with Gasteiger partial charge >= 0.3 is 0 Å². The molecule has 0 atom stereocenters. The molecule has 3 rings (SSSR count). The van der Waals surface area contributed by atoms with Crippen molar-refractivity contribution in [2.45, 2.75) is 11.8 Å². The van der Waals surface area contributed by atoms with Gasteiger partial charge in [0.2, 0.25) is 0 Å². The van der Waals surface area contributed by atoms with Crippen LogP contribution in [0.1, 0.15) is 15.9 Å². The summed E-state index contributed by atoms with van der Waals surface area (Å²) in [5.74, 6) is -0.0698. The first-order valence-electron chi connectivity index (χ1n) is 7.86. The molecule has 0 fully saturated rings. The Kier molecular flexibility index (Phi) is 4.99. The van der Waals surface area contributed by atoms with Crippen LogP contribution < -0.4 is 10.0 Å². The highest BCUT2D eigenvalue weighted by Gasteiger charge is 2.18. The molecule has 0 bridgehead atoms. The van der Waals surface area contributed by atoms with Gasteiger partial charge in [0.05, 0.1) is 16.1 Å². The standard InChI is InChI=1S/C19H17N3O3S/c1-14-9-11-15(12-10-14)26(24,25)22-17-7-3-2-6-16(17)19(23)21-18-8-4-5-13-20-18/h2-13,22H,1H3,(H,20,21,23). The van der Waals surface area contributed by atoms with E-state index in [1.54, 1.807) is 60.8 Å². The summed E-state index contributed by atoms with van der Waals surface area (Å²) in [6, 6.07) is 18.0. The summed E-state index contributed by atoms with van der Waals surface area (Å²) in [6.07, 6.45) is 1.56. The highest BCUT2D eigenvalue weighted by Crippen LogP contribution is 2.21. The van der Waals surface area contributed by atoms with Gasteiger partial charge in [-0.25, -0.2) is 13.4 Å². The lowest BCUT2D eigenvalue weighted by Gasteiger charge is -2.12. The summed E-state index contributed by atoms with van der Waals surface area (Å²) < 4.78 is 27.7. The van der Waals surface area contributed by atoms with Crippen LogP contribution in [-0.4, -0.2) is 19.3 Å². The van der Waals surface area contributed by atoms with Crippen LogP contribution in [0.3, 0.4) is 0 Å². The van der Waals surface area contributed by atoms with Crippen LogP contribution >= 0.6 is 0 Å². The number of carbonyl (C=O) groups excluding carboxylic acids is 1. The molecular formula is C19H17N3O3S. The number of nitrogens with one attached hydrogen (secondary N) is 2. The van der Waals surface area contributed by atoms with Gasteiger partial charge in [-0.1, -0.05) is 35.9 Å². The normalized spacial score (nSPS) is 11.0. The summed E-state index contributed by atoms with van der Waals surface area (Å²) in [4.78, 5) is 16.7. The first kappa shape index (κ1) is 17.6. The van der Waals surface area contributed by atoms with Gasteiger partial charge in [-0.05, 0) is 43.3 Å². The van der Waals surface area contributed by atoms with Crippen LogP contribution in [0.2, 0.25) is 0 Å². The van der Waals surface area contributed by atoms with Crippen LogP contribution in [0, 0.1) is 6.92 Å². The maximum absolute atomic E-state index is 12.6. The fourth-order valence-corrected chi connectivity index (χ4v) is 3.39. The van der Waals surface area contributed by atoms with E-state index in [1.807, 2.05) is 6.92 Å². The number of rotatable bonds is 5. The van der Waals surface area contributed by atoms with Gasteiger partial charge in [-0.2, -0.15) is 0 Å². The Labute approximate surface area is 152 Å². The lowest BCUT2D eigenvalue weighted by Crippen LogP contribution is -2.19. The molecule has 0 spiro atoms. The topological polar surface area (TPSA) is 88.2 Å². The first-order chi connectivity index (χ1) is 12.5. The van der Waals surface area contributed by atoms with E-state index in [0.29, 0.717) is 5.82 Å². The van der Waals surface area contributed by atoms with E-state index in [9.17, 15) is 13.2 Å². The number of aromatic nitrogens is 1. The van der Waals surface area contributed by atoms with Crippen LogP contribution in [-0.2, 0) is 10.0 Å². The largest absolute Gasteiger partial charge is 0.306 e. The van der Waals surface area contributed by atoms with Crippen LogP contribution in [0.15, 0.2) is 77.8 Å². The zero-order valence-electron chi connectivity index (χ0n) is 14.0. The Hall–Kier alpha value is -3.19. The Morgan fingerprint density at radius 1 is 0.923 bits per heavy atom. The monoisotopic (exact) mass is 367 g/mol. The number of anilines is 2. The second kappa shape index (κ2) is 7.37. The molecule has 1 amide bonds. The van der Waals surface area contributed by atoms with Crippen molar-refractivity contribution in [2.24, 2.45) is 0 Å². The smallest absolute Gasteiger partial charge is 0.261 e. The van der Waals surface area contributed by atoms with Crippen LogP contribution in [0.25, 0.3) is 0 Å². The van der Waals surface area contributed by atoms with E-state index >= 15 is 0 Å². The Morgan fingerprint density at radius 2 is 1.62 bits per heavy atom. The molecule has 0 saturated carbocycles. The van der Waals surface area contributed by atoms with Gasteiger partial charge in [0.25, 0.3) is 15.9 Å². The average molecular weight is 367 g/mol. The molecule has 0 aliphatic carbocycles. The summed E-state index contributed by atoms with van der Waals surface area (Å²) in [6.45, 7) is 1.88. The fraction of sp³-hybridized carbons (Fsp3) is 0.0526. The molecule has 26 heavy (non-hydrogen) atoms. The highest BCUT2D eigenvalue weighted by molar-refractivity contribution is 7.92. The molecule has 3 aromatic rings. The molecule has 0 unspecified atom stereocenters. The van der Waals surface area contributed by atoms with E-state index in [4.69, 9.17) is 0 Å². The zero-order valence-corrected chi connectivity index (χ0v) is 14.8. The van der Waals surface area contributed by atoms with Crippen molar-refractivity contribution >= 4 is 27.4 Å². The second-order valence-electron chi connectivity index (χ2n) is 5.63. The number of aryl methyl sites for hydroxylation is 1. The second-order valence-corrected chi connectivity index (χ2v) is 7.32. The minimum atomic E-state index is -3.80. The third kappa shape index (κ3) is 4.07. The Morgan fingerprint density at radius 3 is 2.31 bits per heavy atom. The van der Waals surface area contributed by atoms with Crippen molar-refractivity contribution in [1.82, 2.24) is 4.98 Å². The Balaban J connectivity index is 1.87. The molecule has 6 nitrogen and oxygen atoms in total. The lowest BCUT2D eigenvalue weighted by atomic mass is 10.1. The van der Waals surface area contributed by atoms with Crippen molar-refractivity contribution in [1.29, 1.82) is 0 Å². The first-order valence-corrected chi connectivity index (χ1v) is 9.35. The molecular weight excluding hydrogens is 350 g/mol. The van der Waals surface area contributed by atoms with E-state index in [-0.39, 0.29) is 16.1 Å². The van der Waals surface area contributed by atoms with Crippen molar-refractivity contribution < 1.29 is 13.2 Å². The summed E-state index contributed by atoms with van der Waals surface area (Å²) in [5, 5.41) is 2.65. The zero-order chi connectivity index (χ0) is 18.6. The third-order valence-corrected chi connectivity index (χ3v) is 5.04. The maximum Gasteiger partial charge on any atom is 0.261 e. The number of carbonyl (C=O) groups is 1. The van der Waals surface area contributed by atoms with E-state index in [2.05, 4.69) is 15.0 Å². The molecule has 2 aromatic carbocycles. The number of nitrogens with zero attached hydrogens (tertiary/aromatic N) is 1. The predicted octanol–water partition coefficient (Wildman–Crippen LogP) is 3.44.